The van der Waals surface area contributed by atoms with Crippen molar-refractivity contribution in [3.8, 4) is 0 Å². The summed E-state index contributed by atoms with van der Waals surface area (Å²) in [6.07, 6.45) is 0. The van der Waals surface area contributed by atoms with E-state index < -0.39 is 0 Å². The van der Waals surface area contributed by atoms with Gasteiger partial charge in [0.1, 0.15) is 0 Å². The fourth-order valence-corrected chi connectivity index (χ4v) is 1.23. The molecular formula is C8H16NOS. The normalized spacial score (nSPS) is 10.3. The van der Waals surface area contributed by atoms with Crippen molar-refractivity contribution in [1.29, 1.82) is 0 Å². The summed E-state index contributed by atoms with van der Waals surface area (Å²) in [5.74, 6) is 1.46. The van der Waals surface area contributed by atoms with Crippen molar-refractivity contribution < 1.29 is 4.79 Å². The number of hydrogen-bond acceptors (Lipinski definition) is 2. The van der Waals surface area contributed by atoms with Crippen LogP contribution in [0.4, 0.5) is 4.79 Å². The third kappa shape index (κ3) is 5.13. The van der Waals surface area contributed by atoms with Crippen LogP contribution in [-0.4, -0.2) is 29.5 Å². The van der Waals surface area contributed by atoms with Crippen molar-refractivity contribution in [3.63, 3.8) is 0 Å². The molecule has 0 aromatic carbocycles. The third-order valence-corrected chi connectivity index (χ3v) is 2.58. The van der Waals surface area contributed by atoms with E-state index in [0.717, 1.165) is 5.75 Å². The zero-order chi connectivity index (χ0) is 8.85. The van der Waals surface area contributed by atoms with Crippen LogP contribution in [0.15, 0.2) is 0 Å². The molecule has 0 saturated carbocycles. The summed E-state index contributed by atoms with van der Waals surface area (Å²) in [6, 6.07) is 0. The van der Waals surface area contributed by atoms with Gasteiger partial charge in [-0.2, -0.15) is 0 Å². The van der Waals surface area contributed by atoms with E-state index in [4.69, 9.17) is 0 Å². The van der Waals surface area contributed by atoms with Crippen LogP contribution in [0.5, 0.6) is 0 Å². The predicted molar refractivity (Wildman–Crippen MR) is 50.7 cm³/mol. The highest BCUT2D eigenvalue weighted by Gasteiger charge is 2.07. The lowest BCUT2D eigenvalue weighted by molar-refractivity contribution is 0.237. The smallest absolute Gasteiger partial charge is 0.281 e. The van der Waals surface area contributed by atoms with Crippen LogP contribution >= 0.6 is 11.8 Å². The molecule has 0 aromatic rings. The van der Waals surface area contributed by atoms with Crippen LogP contribution in [0, 0.1) is 12.8 Å². The van der Waals surface area contributed by atoms with Gasteiger partial charge >= 0.3 is 0 Å². The van der Waals surface area contributed by atoms with Crippen LogP contribution < -0.4 is 0 Å². The van der Waals surface area contributed by atoms with Crippen LogP contribution in [-0.2, 0) is 0 Å². The molecule has 0 aromatic heterocycles. The van der Waals surface area contributed by atoms with E-state index in [1.54, 1.807) is 11.9 Å². The SMILES string of the molecule is [CH2]CN(C)C(=O)SCC(C)C. The molecule has 0 heterocycles. The van der Waals surface area contributed by atoms with E-state index in [0.29, 0.717) is 12.5 Å². The highest BCUT2D eigenvalue weighted by atomic mass is 32.2. The van der Waals surface area contributed by atoms with Gasteiger partial charge in [-0.15, -0.1) is 0 Å². The summed E-state index contributed by atoms with van der Waals surface area (Å²) in [5.41, 5.74) is 0. The quantitative estimate of drug-likeness (QED) is 0.654. The molecule has 0 unspecified atom stereocenters. The summed E-state index contributed by atoms with van der Waals surface area (Å²) in [6.45, 7) is 8.37. The molecule has 0 aliphatic rings. The molecule has 2 nitrogen and oxygen atoms in total. The van der Waals surface area contributed by atoms with Crippen LogP contribution in [0.1, 0.15) is 13.8 Å². The summed E-state index contributed by atoms with van der Waals surface area (Å²) in [7, 11) is 1.77. The standard InChI is InChI=1S/C8H16NOS/c1-5-9(4)8(10)11-6-7(2)3/h7H,1,5-6H2,2-4H3. The first kappa shape index (κ1) is 10.8. The fraction of sp³-hybridized carbons (Fsp3) is 0.750. The lowest BCUT2D eigenvalue weighted by atomic mass is 10.3. The van der Waals surface area contributed by atoms with Crippen molar-refractivity contribution in [2.45, 2.75) is 13.8 Å². The Kier molecular flexibility index (Phi) is 5.38. The number of rotatable bonds is 3. The summed E-state index contributed by atoms with van der Waals surface area (Å²) in [5, 5.41) is 0.119. The maximum atomic E-state index is 11.1. The Labute approximate surface area is 73.3 Å². The van der Waals surface area contributed by atoms with Crippen LogP contribution in [0.25, 0.3) is 0 Å². The molecule has 0 rings (SSSR count). The second kappa shape index (κ2) is 5.47. The Morgan fingerprint density at radius 3 is 2.55 bits per heavy atom. The van der Waals surface area contributed by atoms with Crippen LogP contribution in [0.3, 0.4) is 0 Å². The molecule has 0 fully saturated rings. The number of nitrogens with zero attached hydrogens (tertiary/aromatic N) is 1. The molecule has 3 heteroatoms. The molecular weight excluding hydrogens is 158 g/mol. The zero-order valence-corrected chi connectivity index (χ0v) is 8.28. The van der Waals surface area contributed by atoms with E-state index in [1.807, 2.05) is 0 Å². The number of carbonyl (C=O) groups excluding carboxylic acids is 1. The van der Waals surface area contributed by atoms with Gasteiger partial charge in [0, 0.05) is 19.3 Å². The van der Waals surface area contributed by atoms with E-state index in [9.17, 15) is 4.79 Å². The van der Waals surface area contributed by atoms with Gasteiger partial charge in [0.15, 0.2) is 0 Å². The second-order valence-electron chi connectivity index (χ2n) is 2.89. The van der Waals surface area contributed by atoms with Gasteiger partial charge in [-0.1, -0.05) is 25.6 Å². The third-order valence-electron chi connectivity index (χ3n) is 1.19. The molecule has 0 aliphatic heterocycles. The van der Waals surface area contributed by atoms with E-state index in [1.165, 1.54) is 11.8 Å². The average Bonchev–Trinajstić information content (AvgIpc) is 1.98. The first-order chi connectivity index (χ1) is 5.07. The molecule has 1 radical (unpaired) electrons. The van der Waals surface area contributed by atoms with Gasteiger partial charge < -0.3 is 4.90 Å². The molecule has 0 aliphatic carbocycles. The number of hydrogen-bond donors (Lipinski definition) is 0. The van der Waals surface area contributed by atoms with Crippen molar-refractivity contribution in [1.82, 2.24) is 4.90 Å². The minimum atomic E-state index is 0.119. The topological polar surface area (TPSA) is 20.3 Å². The van der Waals surface area contributed by atoms with Gasteiger partial charge in [0.2, 0.25) is 0 Å². The van der Waals surface area contributed by atoms with Crippen molar-refractivity contribution >= 4 is 17.0 Å². The molecule has 0 atom stereocenters. The van der Waals surface area contributed by atoms with Crippen molar-refractivity contribution in [2.24, 2.45) is 5.92 Å². The Balaban J connectivity index is 3.52. The molecule has 11 heavy (non-hydrogen) atoms. The highest BCUT2D eigenvalue weighted by molar-refractivity contribution is 8.13. The lowest BCUT2D eigenvalue weighted by Gasteiger charge is -2.13. The molecule has 65 valence electrons. The van der Waals surface area contributed by atoms with Crippen molar-refractivity contribution in [2.75, 3.05) is 19.3 Å². The Hall–Kier alpha value is -0.180. The molecule has 0 spiro atoms. The molecule has 1 amide bonds. The van der Waals surface area contributed by atoms with Gasteiger partial charge in [-0.25, -0.2) is 0 Å². The Morgan fingerprint density at radius 2 is 2.18 bits per heavy atom. The van der Waals surface area contributed by atoms with Crippen LogP contribution in [0.2, 0.25) is 0 Å². The monoisotopic (exact) mass is 174 g/mol. The van der Waals surface area contributed by atoms with E-state index >= 15 is 0 Å². The molecule has 0 saturated heterocycles. The number of carbonyl (C=O) groups is 1. The Bertz CT molecular complexity index is 125. The number of thioether (sulfide) groups is 1. The van der Waals surface area contributed by atoms with Gasteiger partial charge in [0.25, 0.3) is 5.24 Å². The minimum Gasteiger partial charge on any atom is -0.337 e. The molecule has 0 N–H and O–H groups in total. The summed E-state index contributed by atoms with van der Waals surface area (Å²) in [4.78, 5) is 12.7. The molecule has 0 bridgehead atoms. The fourth-order valence-electron chi connectivity index (χ4n) is 0.439. The average molecular weight is 174 g/mol. The first-order valence-electron chi connectivity index (χ1n) is 3.75. The minimum absolute atomic E-state index is 0.119. The second-order valence-corrected chi connectivity index (χ2v) is 3.86. The highest BCUT2D eigenvalue weighted by Crippen LogP contribution is 2.11. The summed E-state index contributed by atoms with van der Waals surface area (Å²) < 4.78 is 0. The Morgan fingerprint density at radius 1 is 1.64 bits per heavy atom. The van der Waals surface area contributed by atoms with Gasteiger partial charge in [-0.3, -0.25) is 4.79 Å². The summed E-state index contributed by atoms with van der Waals surface area (Å²) >= 11 is 1.36. The maximum Gasteiger partial charge on any atom is 0.281 e. The van der Waals surface area contributed by atoms with Gasteiger partial charge in [0.05, 0.1) is 0 Å². The number of amides is 1. The van der Waals surface area contributed by atoms with E-state index in [2.05, 4.69) is 20.8 Å². The first-order valence-corrected chi connectivity index (χ1v) is 4.73. The largest absolute Gasteiger partial charge is 0.337 e. The maximum absolute atomic E-state index is 11.1. The van der Waals surface area contributed by atoms with Crippen molar-refractivity contribution in [3.05, 3.63) is 6.92 Å². The van der Waals surface area contributed by atoms with E-state index in [-0.39, 0.29) is 5.24 Å². The van der Waals surface area contributed by atoms with Gasteiger partial charge in [-0.05, 0) is 12.8 Å². The lowest BCUT2D eigenvalue weighted by Crippen LogP contribution is -2.22. The zero-order valence-electron chi connectivity index (χ0n) is 7.46. The predicted octanol–water partition coefficient (Wildman–Crippen LogP) is 2.26.